The molecule has 0 spiro atoms. The van der Waals surface area contributed by atoms with Gasteiger partial charge in [0.1, 0.15) is 5.82 Å². The van der Waals surface area contributed by atoms with E-state index in [1.54, 1.807) is 6.92 Å². The van der Waals surface area contributed by atoms with Gasteiger partial charge in [0.15, 0.2) is 5.78 Å². The van der Waals surface area contributed by atoms with Crippen molar-refractivity contribution >= 4 is 33.7 Å². The first-order chi connectivity index (χ1) is 18.1. The highest BCUT2D eigenvalue weighted by Crippen LogP contribution is 2.37. The van der Waals surface area contributed by atoms with Crippen molar-refractivity contribution in [3.63, 3.8) is 0 Å². The molecule has 2 aromatic carbocycles. The van der Waals surface area contributed by atoms with Crippen molar-refractivity contribution in [1.29, 1.82) is 0 Å². The second-order valence-corrected chi connectivity index (χ2v) is 10.8. The van der Waals surface area contributed by atoms with Crippen LogP contribution < -0.4 is 0 Å². The summed E-state index contributed by atoms with van der Waals surface area (Å²) in [6.07, 6.45) is 18.7. The van der Waals surface area contributed by atoms with Crippen molar-refractivity contribution in [2.24, 2.45) is 10.9 Å². The largest absolute Gasteiger partial charge is 0.321 e. The van der Waals surface area contributed by atoms with Gasteiger partial charge in [0, 0.05) is 29.8 Å². The van der Waals surface area contributed by atoms with Crippen LogP contribution in [-0.4, -0.2) is 21.0 Å². The van der Waals surface area contributed by atoms with Gasteiger partial charge >= 0.3 is 0 Å². The summed E-state index contributed by atoms with van der Waals surface area (Å²) in [6.45, 7) is 3.73. The zero-order chi connectivity index (χ0) is 25.4. The number of hydrogen-bond donors (Lipinski definition) is 0. The van der Waals surface area contributed by atoms with E-state index in [4.69, 9.17) is 9.98 Å². The summed E-state index contributed by atoms with van der Waals surface area (Å²) < 4.78 is 2.53. The van der Waals surface area contributed by atoms with Crippen LogP contribution >= 0.6 is 0 Å². The number of Topliss-reactive ketones (excluding diaryl/α,β-unsaturated/α-hetero) is 1. The zero-order valence-electron chi connectivity index (χ0n) is 21.9. The van der Waals surface area contributed by atoms with Crippen LogP contribution in [0.4, 0.5) is 0 Å². The Morgan fingerprint density at radius 2 is 1.73 bits per heavy atom. The van der Waals surface area contributed by atoms with E-state index < -0.39 is 0 Å². The molecule has 0 unspecified atom stereocenters. The second-order valence-electron chi connectivity index (χ2n) is 10.8. The summed E-state index contributed by atoms with van der Waals surface area (Å²) >= 11 is 0. The van der Waals surface area contributed by atoms with Crippen LogP contribution in [0.5, 0.6) is 0 Å². The molecule has 0 amide bonds. The van der Waals surface area contributed by atoms with Crippen molar-refractivity contribution in [2.45, 2.75) is 71.3 Å². The molecule has 1 aromatic heterocycles. The molecular weight excluding hydrogens is 454 g/mol. The van der Waals surface area contributed by atoms with Gasteiger partial charge in [-0.3, -0.25) is 9.79 Å². The molecule has 188 valence electrons. The highest BCUT2D eigenvalue weighted by molar-refractivity contribution is 6.10. The second kappa shape index (κ2) is 10.1. The summed E-state index contributed by atoms with van der Waals surface area (Å²) in [6, 6.07) is 15.1. The number of benzene rings is 2. The molecule has 4 heteroatoms. The van der Waals surface area contributed by atoms with E-state index in [0.29, 0.717) is 6.04 Å². The SMILES string of the molecule is C/C=C(\C=C/C1CC1)c1nc2cc(C3=NC=C(c4ccc(C(C)=O)cc4)C3)ccc2n1C1CCCCC1. The Labute approximate surface area is 219 Å². The first kappa shape index (κ1) is 23.8. The van der Waals surface area contributed by atoms with Crippen LogP contribution in [0.1, 0.15) is 98.6 Å². The van der Waals surface area contributed by atoms with Gasteiger partial charge in [0.2, 0.25) is 0 Å². The summed E-state index contributed by atoms with van der Waals surface area (Å²) in [7, 11) is 0. The summed E-state index contributed by atoms with van der Waals surface area (Å²) in [5.74, 6) is 1.94. The number of fused-ring (bicyclic) bond motifs is 1. The van der Waals surface area contributed by atoms with Crippen LogP contribution in [-0.2, 0) is 0 Å². The Kier molecular flexibility index (Phi) is 6.50. The van der Waals surface area contributed by atoms with Gasteiger partial charge in [-0.1, -0.05) is 67.8 Å². The smallest absolute Gasteiger partial charge is 0.159 e. The van der Waals surface area contributed by atoms with Crippen LogP contribution in [0.25, 0.3) is 22.2 Å². The maximum Gasteiger partial charge on any atom is 0.159 e. The van der Waals surface area contributed by atoms with Crippen molar-refractivity contribution in [1.82, 2.24) is 9.55 Å². The quantitative estimate of drug-likeness (QED) is 0.247. The summed E-state index contributed by atoms with van der Waals surface area (Å²) in [4.78, 5) is 21.6. The monoisotopic (exact) mass is 489 g/mol. The molecule has 2 fully saturated rings. The molecule has 0 radical (unpaired) electrons. The van der Waals surface area contributed by atoms with Gasteiger partial charge in [0.05, 0.1) is 16.7 Å². The molecule has 3 aliphatic rings. The van der Waals surface area contributed by atoms with E-state index in [0.717, 1.165) is 46.1 Å². The predicted molar refractivity (Wildman–Crippen MR) is 153 cm³/mol. The number of hydrogen-bond acceptors (Lipinski definition) is 3. The van der Waals surface area contributed by atoms with Gasteiger partial charge in [-0.25, -0.2) is 4.98 Å². The third kappa shape index (κ3) is 4.90. The molecule has 0 N–H and O–H groups in total. The Morgan fingerprint density at radius 1 is 0.973 bits per heavy atom. The molecule has 0 bridgehead atoms. The van der Waals surface area contributed by atoms with E-state index in [1.165, 1.54) is 61.6 Å². The molecule has 4 nitrogen and oxygen atoms in total. The Bertz CT molecular complexity index is 1460. The maximum atomic E-state index is 11.6. The fourth-order valence-electron chi connectivity index (χ4n) is 5.72. The molecular formula is C33H35N3O. The number of aromatic nitrogens is 2. The molecule has 2 heterocycles. The van der Waals surface area contributed by atoms with Crippen LogP contribution in [0.15, 0.2) is 71.9 Å². The normalized spacial score (nSPS) is 19.0. The molecule has 1 aliphatic heterocycles. The number of nitrogens with zero attached hydrogens (tertiary/aromatic N) is 3. The minimum atomic E-state index is 0.0910. The lowest BCUT2D eigenvalue weighted by Gasteiger charge is -2.26. The number of carbonyl (C=O) groups is 1. The summed E-state index contributed by atoms with van der Waals surface area (Å²) in [5, 5.41) is 0. The minimum Gasteiger partial charge on any atom is -0.321 e. The van der Waals surface area contributed by atoms with Crippen molar-refractivity contribution in [2.75, 3.05) is 0 Å². The van der Waals surface area contributed by atoms with Crippen molar-refractivity contribution in [3.05, 3.63) is 89.4 Å². The highest BCUT2D eigenvalue weighted by atomic mass is 16.1. The minimum absolute atomic E-state index is 0.0910. The fraction of sp³-hybridized carbons (Fsp3) is 0.364. The lowest BCUT2D eigenvalue weighted by atomic mass is 9.94. The molecule has 37 heavy (non-hydrogen) atoms. The topological polar surface area (TPSA) is 47.2 Å². The van der Waals surface area contributed by atoms with E-state index in [1.807, 2.05) is 30.5 Å². The highest BCUT2D eigenvalue weighted by Gasteiger charge is 2.24. The third-order valence-electron chi connectivity index (χ3n) is 8.10. The average molecular weight is 490 g/mol. The number of imidazole rings is 1. The lowest BCUT2D eigenvalue weighted by Crippen LogP contribution is -2.15. The van der Waals surface area contributed by atoms with E-state index >= 15 is 0 Å². The van der Waals surface area contributed by atoms with E-state index in [-0.39, 0.29) is 5.78 Å². The molecule has 6 rings (SSSR count). The molecule has 2 aliphatic carbocycles. The van der Waals surface area contributed by atoms with E-state index in [2.05, 4.69) is 47.9 Å². The molecule has 0 atom stereocenters. The van der Waals surface area contributed by atoms with Gasteiger partial charge in [-0.15, -0.1) is 0 Å². The number of carbonyl (C=O) groups excluding carboxylic acids is 1. The Hall–Kier alpha value is -3.53. The van der Waals surface area contributed by atoms with Crippen LogP contribution in [0, 0.1) is 5.92 Å². The maximum absolute atomic E-state index is 11.6. The van der Waals surface area contributed by atoms with Crippen LogP contribution in [0.2, 0.25) is 0 Å². The molecule has 3 aromatic rings. The summed E-state index contributed by atoms with van der Waals surface area (Å²) in [5.41, 5.74) is 8.76. The fourth-order valence-corrected chi connectivity index (χ4v) is 5.72. The predicted octanol–water partition coefficient (Wildman–Crippen LogP) is 8.35. The van der Waals surface area contributed by atoms with Crippen LogP contribution in [0.3, 0.4) is 0 Å². The number of allylic oxidation sites excluding steroid dienone is 5. The van der Waals surface area contributed by atoms with Crippen molar-refractivity contribution < 1.29 is 4.79 Å². The van der Waals surface area contributed by atoms with Gasteiger partial charge in [0.25, 0.3) is 0 Å². The van der Waals surface area contributed by atoms with E-state index in [9.17, 15) is 4.79 Å². The standard InChI is InChI=1S/C33H35N3O/c1-3-24(12-11-23-9-10-23)33-35-31-19-27(17-18-32(31)36(33)29-7-5-4-6-8-29)30-20-28(21-34-30)26-15-13-25(14-16-26)22(2)37/h3,11-19,21,23,29H,4-10,20H2,1-2H3/b12-11-,24-3+. The number of rotatable bonds is 7. The first-order valence-corrected chi connectivity index (χ1v) is 13.8. The Balaban J connectivity index is 1.31. The van der Waals surface area contributed by atoms with Gasteiger partial charge < -0.3 is 4.57 Å². The Morgan fingerprint density at radius 3 is 2.43 bits per heavy atom. The van der Waals surface area contributed by atoms with Gasteiger partial charge in [-0.05, 0) is 74.3 Å². The zero-order valence-corrected chi connectivity index (χ0v) is 21.9. The first-order valence-electron chi connectivity index (χ1n) is 13.8. The molecule has 2 saturated carbocycles. The third-order valence-corrected chi connectivity index (χ3v) is 8.10. The number of ketones is 1. The number of aliphatic imine (C=N–C) groups is 1. The average Bonchev–Trinajstić information content (AvgIpc) is 3.49. The van der Waals surface area contributed by atoms with Crippen molar-refractivity contribution in [3.8, 4) is 0 Å². The lowest BCUT2D eigenvalue weighted by molar-refractivity contribution is 0.101. The van der Waals surface area contributed by atoms with Gasteiger partial charge in [-0.2, -0.15) is 0 Å². The molecule has 0 saturated heterocycles.